The number of alkyl carbamates (subject to hydrolysis) is 1. The first-order valence-corrected chi connectivity index (χ1v) is 12.5. The Balaban J connectivity index is 1.75. The Morgan fingerprint density at radius 2 is 1.78 bits per heavy atom. The average Bonchev–Trinajstić information content (AvgIpc) is 2.97. The standard InChI is InChI=1S/C28H33N3O5/c1-4-35-27(34)31-24-19(2)12-11-17-22(24)23(21-15-9-6-10-16-21)29-28(3,25(31)32)30-26(33)36-18-20-13-7-5-8-14-20/h5,7-8,11-14,17,21H,4,6,9-10,15-16,18H2,1-3H3,(H,30,33). The van der Waals surface area contributed by atoms with Crippen LogP contribution >= 0.6 is 0 Å². The van der Waals surface area contributed by atoms with Gasteiger partial charge >= 0.3 is 12.2 Å². The van der Waals surface area contributed by atoms with Gasteiger partial charge in [0.15, 0.2) is 0 Å². The number of fused-ring (bicyclic) bond motifs is 1. The van der Waals surface area contributed by atoms with Crippen LogP contribution in [0, 0.1) is 12.8 Å². The number of anilines is 1. The zero-order valence-corrected chi connectivity index (χ0v) is 21.1. The molecule has 3 amide bonds. The summed E-state index contributed by atoms with van der Waals surface area (Å²) in [6.45, 7) is 5.18. The highest BCUT2D eigenvalue weighted by Gasteiger charge is 2.47. The number of aliphatic imine (C=N–C) groups is 1. The number of hydrogen-bond donors (Lipinski definition) is 1. The first-order valence-electron chi connectivity index (χ1n) is 12.5. The molecule has 190 valence electrons. The van der Waals surface area contributed by atoms with Crippen LogP contribution < -0.4 is 10.2 Å². The van der Waals surface area contributed by atoms with Crippen molar-refractivity contribution in [2.24, 2.45) is 10.9 Å². The summed E-state index contributed by atoms with van der Waals surface area (Å²) >= 11 is 0. The maximum absolute atomic E-state index is 14.0. The molecule has 0 spiro atoms. The monoisotopic (exact) mass is 491 g/mol. The molecule has 8 heteroatoms. The summed E-state index contributed by atoms with van der Waals surface area (Å²) < 4.78 is 10.7. The molecule has 0 saturated heterocycles. The van der Waals surface area contributed by atoms with Crippen molar-refractivity contribution in [2.75, 3.05) is 11.5 Å². The second kappa shape index (κ2) is 10.9. The highest BCUT2D eigenvalue weighted by molar-refractivity contribution is 6.23. The number of nitrogens with zero attached hydrogens (tertiary/aromatic N) is 2. The van der Waals surface area contributed by atoms with E-state index in [2.05, 4.69) is 5.32 Å². The number of amides is 3. The van der Waals surface area contributed by atoms with Crippen molar-refractivity contribution in [3.8, 4) is 0 Å². The Hall–Kier alpha value is -3.68. The molecule has 1 atom stereocenters. The van der Waals surface area contributed by atoms with Gasteiger partial charge in [-0.2, -0.15) is 0 Å². The van der Waals surface area contributed by atoms with Crippen molar-refractivity contribution in [1.29, 1.82) is 0 Å². The lowest BCUT2D eigenvalue weighted by Gasteiger charge is -2.29. The van der Waals surface area contributed by atoms with Gasteiger partial charge in [0.2, 0.25) is 5.66 Å². The van der Waals surface area contributed by atoms with Crippen molar-refractivity contribution in [2.45, 2.75) is 65.1 Å². The number of aryl methyl sites for hydroxylation is 1. The van der Waals surface area contributed by atoms with Gasteiger partial charge < -0.3 is 9.47 Å². The van der Waals surface area contributed by atoms with E-state index in [1.165, 1.54) is 6.92 Å². The van der Waals surface area contributed by atoms with E-state index in [0.29, 0.717) is 11.3 Å². The largest absolute Gasteiger partial charge is 0.449 e. The predicted molar refractivity (Wildman–Crippen MR) is 137 cm³/mol. The summed E-state index contributed by atoms with van der Waals surface area (Å²) in [5.41, 5.74) is 1.68. The first-order chi connectivity index (χ1) is 17.3. The summed E-state index contributed by atoms with van der Waals surface area (Å²) in [5, 5.41) is 2.66. The fraction of sp³-hybridized carbons (Fsp3) is 0.429. The lowest BCUT2D eigenvalue weighted by molar-refractivity contribution is -0.123. The van der Waals surface area contributed by atoms with Gasteiger partial charge in [-0.1, -0.05) is 67.8 Å². The number of carbonyl (C=O) groups is 3. The fourth-order valence-electron chi connectivity index (χ4n) is 4.92. The molecular formula is C28H33N3O5. The molecule has 2 aromatic rings. The number of hydrogen-bond acceptors (Lipinski definition) is 6. The number of rotatable bonds is 5. The van der Waals surface area contributed by atoms with Crippen LogP contribution in [0.5, 0.6) is 0 Å². The summed E-state index contributed by atoms with van der Waals surface area (Å²) in [5.74, 6) is -0.588. The second-order valence-electron chi connectivity index (χ2n) is 9.40. The Morgan fingerprint density at radius 1 is 1.06 bits per heavy atom. The SMILES string of the molecule is CCOC(=O)N1C(=O)C(C)(NC(=O)OCc2ccccc2)N=C(C2CCCCC2)c2cccc(C)c21. The predicted octanol–water partition coefficient (Wildman–Crippen LogP) is 5.51. The third-order valence-corrected chi connectivity index (χ3v) is 6.70. The molecule has 2 aromatic carbocycles. The number of carbonyl (C=O) groups excluding carboxylic acids is 3. The van der Waals surface area contributed by atoms with Crippen LogP contribution in [0.1, 0.15) is 62.6 Å². The minimum Gasteiger partial charge on any atom is -0.449 e. The van der Waals surface area contributed by atoms with E-state index in [4.69, 9.17) is 14.5 Å². The quantitative estimate of drug-likeness (QED) is 0.595. The van der Waals surface area contributed by atoms with E-state index >= 15 is 0 Å². The van der Waals surface area contributed by atoms with Gasteiger partial charge in [0.05, 0.1) is 18.0 Å². The van der Waals surface area contributed by atoms with Crippen LogP contribution in [0.25, 0.3) is 0 Å². The number of nitrogens with one attached hydrogen (secondary N) is 1. The van der Waals surface area contributed by atoms with E-state index < -0.39 is 23.8 Å². The first kappa shape index (κ1) is 25.4. The summed E-state index contributed by atoms with van der Waals surface area (Å²) in [4.78, 5) is 45.9. The third kappa shape index (κ3) is 5.27. The van der Waals surface area contributed by atoms with E-state index in [-0.39, 0.29) is 19.1 Å². The van der Waals surface area contributed by atoms with Crippen molar-refractivity contribution in [1.82, 2.24) is 5.32 Å². The lowest BCUT2D eigenvalue weighted by Crippen LogP contribution is -2.58. The zero-order valence-electron chi connectivity index (χ0n) is 21.1. The van der Waals surface area contributed by atoms with Crippen LogP contribution in [-0.2, 0) is 20.9 Å². The van der Waals surface area contributed by atoms with Crippen molar-refractivity contribution in [3.63, 3.8) is 0 Å². The molecule has 1 aliphatic heterocycles. The molecule has 0 bridgehead atoms. The molecule has 36 heavy (non-hydrogen) atoms. The van der Waals surface area contributed by atoms with Gasteiger partial charge in [0.25, 0.3) is 5.91 Å². The minimum absolute atomic E-state index is 0.0388. The minimum atomic E-state index is -1.77. The molecule has 2 aliphatic rings. The van der Waals surface area contributed by atoms with Gasteiger partial charge in [-0.25, -0.2) is 14.5 Å². The van der Waals surface area contributed by atoms with E-state index in [1.54, 1.807) is 6.92 Å². The summed E-state index contributed by atoms with van der Waals surface area (Å²) in [7, 11) is 0. The van der Waals surface area contributed by atoms with Crippen molar-refractivity contribution < 1.29 is 23.9 Å². The lowest BCUT2D eigenvalue weighted by atomic mass is 9.82. The van der Waals surface area contributed by atoms with E-state index in [0.717, 1.165) is 53.8 Å². The maximum Gasteiger partial charge on any atom is 0.421 e. The van der Waals surface area contributed by atoms with Crippen molar-refractivity contribution in [3.05, 3.63) is 65.2 Å². The number of benzene rings is 2. The van der Waals surface area contributed by atoms with E-state index in [9.17, 15) is 14.4 Å². The number of benzodiazepines with no additional fused rings is 1. The van der Waals surface area contributed by atoms with Gasteiger partial charge in [-0.05, 0) is 44.7 Å². The summed E-state index contributed by atoms with van der Waals surface area (Å²) in [6.07, 6.45) is 3.52. The molecule has 1 saturated carbocycles. The number of ether oxygens (including phenoxy) is 2. The van der Waals surface area contributed by atoms with E-state index in [1.807, 2.05) is 55.5 Å². The molecule has 1 N–H and O–H groups in total. The van der Waals surface area contributed by atoms with Gasteiger partial charge in [0, 0.05) is 11.5 Å². The Kier molecular flexibility index (Phi) is 7.72. The third-order valence-electron chi connectivity index (χ3n) is 6.70. The zero-order chi connectivity index (χ0) is 25.7. The normalized spacial score (nSPS) is 20.1. The van der Waals surface area contributed by atoms with Gasteiger partial charge in [-0.15, -0.1) is 0 Å². The van der Waals surface area contributed by atoms with Crippen molar-refractivity contribution >= 4 is 29.5 Å². The highest BCUT2D eigenvalue weighted by atomic mass is 16.6. The van der Waals surface area contributed by atoms with Gasteiger partial charge in [0.1, 0.15) is 6.61 Å². The molecular weight excluding hydrogens is 458 g/mol. The molecule has 1 unspecified atom stereocenters. The Morgan fingerprint density at radius 3 is 2.47 bits per heavy atom. The maximum atomic E-state index is 14.0. The molecule has 1 heterocycles. The topological polar surface area (TPSA) is 97.3 Å². The van der Waals surface area contributed by atoms with Crippen LogP contribution in [0.4, 0.5) is 15.3 Å². The number of imide groups is 1. The average molecular weight is 492 g/mol. The van der Waals surface area contributed by atoms with Crippen LogP contribution in [0.15, 0.2) is 53.5 Å². The Bertz CT molecular complexity index is 1160. The van der Waals surface area contributed by atoms with Crippen LogP contribution in [0.2, 0.25) is 0 Å². The number of para-hydroxylation sites is 1. The molecule has 8 nitrogen and oxygen atoms in total. The van der Waals surface area contributed by atoms with Gasteiger partial charge in [-0.3, -0.25) is 15.1 Å². The van der Waals surface area contributed by atoms with Crippen LogP contribution in [-0.4, -0.2) is 36.1 Å². The second-order valence-corrected chi connectivity index (χ2v) is 9.40. The molecule has 0 aromatic heterocycles. The molecule has 1 fully saturated rings. The van der Waals surface area contributed by atoms with Crippen LogP contribution in [0.3, 0.4) is 0 Å². The molecule has 0 radical (unpaired) electrons. The smallest absolute Gasteiger partial charge is 0.421 e. The molecule has 4 rings (SSSR count). The summed E-state index contributed by atoms with van der Waals surface area (Å²) in [6, 6.07) is 14.9. The highest BCUT2D eigenvalue weighted by Crippen LogP contribution is 2.38. The fourth-order valence-corrected chi connectivity index (χ4v) is 4.92. The molecule has 1 aliphatic carbocycles. The Labute approximate surface area is 211 Å².